The molecule has 1 saturated carbocycles. The van der Waals surface area contributed by atoms with E-state index in [1.165, 1.54) is 24.4 Å². The van der Waals surface area contributed by atoms with Crippen molar-refractivity contribution in [3.05, 3.63) is 58.6 Å². The van der Waals surface area contributed by atoms with Crippen molar-refractivity contribution < 1.29 is 17.9 Å². The molecule has 9 heteroatoms. The SMILES string of the molecule is C[C@@H](Nc1ccc(F)c([C@@H](CC(F)F)N=C(N)O[C@@H]2C[C@@H]2C)c1)c1ccc(Cl)cn1. The van der Waals surface area contributed by atoms with Crippen molar-refractivity contribution in [3.63, 3.8) is 0 Å². The van der Waals surface area contributed by atoms with Gasteiger partial charge in [-0.05, 0) is 49.6 Å². The molecule has 4 atom stereocenters. The number of pyridine rings is 1. The van der Waals surface area contributed by atoms with Crippen molar-refractivity contribution in [2.45, 2.75) is 51.3 Å². The summed E-state index contributed by atoms with van der Waals surface area (Å²) in [7, 11) is 0. The van der Waals surface area contributed by atoms with E-state index in [-0.39, 0.29) is 23.7 Å². The largest absolute Gasteiger partial charge is 0.462 e. The van der Waals surface area contributed by atoms with Gasteiger partial charge in [0, 0.05) is 23.9 Å². The molecular weight excluding hydrogens is 417 g/mol. The zero-order valence-electron chi connectivity index (χ0n) is 16.7. The van der Waals surface area contributed by atoms with Crippen LogP contribution >= 0.6 is 11.6 Å². The van der Waals surface area contributed by atoms with Gasteiger partial charge in [-0.1, -0.05) is 18.5 Å². The minimum Gasteiger partial charge on any atom is -0.462 e. The summed E-state index contributed by atoms with van der Waals surface area (Å²) in [5, 5.41) is 3.70. The first-order valence-electron chi connectivity index (χ1n) is 9.68. The molecule has 5 nitrogen and oxygen atoms in total. The highest BCUT2D eigenvalue weighted by Crippen LogP contribution is 2.34. The highest BCUT2D eigenvalue weighted by atomic mass is 35.5. The summed E-state index contributed by atoms with van der Waals surface area (Å²) in [4.78, 5) is 8.29. The average Bonchev–Trinajstić information content (AvgIpc) is 3.37. The second kappa shape index (κ2) is 9.55. The Hall–Kier alpha value is -2.48. The number of hydrogen-bond donors (Lipinski definition) is 2. The van der Waals surface area contributed by atoms with Gasteiger partial charge in [0.2, 0.25) is 6.43 Å². The first-order valence-corrected chi connectivity index (χ1v) is 10.1. The summed E-state index contributed by atoms with van der Waals surface area (Å²) in [6.45, 7) is 3.86. The van der Waals surface area contributed by atoms with E-state index in [0.717, 1.165) is 12.1 Å². The molecule has 1 aromatic heterocycles. The number of nitrogens with one attached hydrogen (secondary N) is 1. The molecule has 0 spiro atoms. The molecule has 0 radical (unpaired) electrons. The fraction of sp³-hybridized carbons (Fsp3) is 0.429. The summed E-state index contributed by atoms with van der Waals surface area (Å²) < 4.78 is 46.2. The van der Waals surface area contributed by atoms with Crippen LogP contribution in [0.1, 0.15) is 50.0 Å². The Labute approximate surface area is 178 Å². The van der Waals surface area contributed by atoms with E-state index in [1.54, 1.807) is 12.1 Å². The molecule has 1 aliphatic rings. The van der Waals surface area contributed by atoms with Crippen molar-refractivity contribution in [2.24, 2.45) is 16.6 Å². The monoisotopic (exact) mass is 440 g/mol. The first kappa shape index (κ1) is 22.2. The predicted molar refractivity (Wildman–Crippen MR) is 111 cm³/mol. The second-order valence-electron chi connectivity index (χ2n) is 7.48. The van der Waals surface area contributed by atoms with Crippen LogP contribution in [0.3, 0.4) is 0 Å². The van der Waals surface area contributed by atoms with Crippen molar-refractivity contribution >= 4 is 23.3 Å². The Kier molecular flexibility index (Phi) is 7.07. The normalized spacial score (nSPS) is 20.7. The number of alkyl halides is 2. The zero-order valence-corrected chi connectivity index (χ0v) is 17.4. The summed E-state index contributed by atoms with van der Waals surface area (Å²) in [6.07, 6.45) is -1.05. The predicted octanol–water partition coefficient (Wildman–Crippen LogP) is 5.48. The molecule has 30 heavy (non-hydrogen) atoms. The number of amidine groups is 1. The lowest BCUT2D eigenvalue weighted by Crippen LogP contribution is -2.20. The van der Waals surface area contributed by atoms with Gasteiger partial charge in [-0.3, -0.25) is 4.98 Å². The number of ether oxygens (including phenoxy) is 1. The third-order valence-corrected chi connectivity index (χ3v) is 5.15. The fourth-order valence-electron chi connectivity index (χ4n) is 3.07. The van der Waals surface area contributed by atoms with Gasteiger partial charge in [0.15, 0.2) is 0 Å². The molecular formula is C21H24ClF3N4O. The number of nitrogens with two attached hydrogens (primary N) is 1. The highest BCUT2D eigenvalue weighted by molar-refractivity contribution is 6.30. The van der Waals surface area contributed by atoms with E-state index in [9.17, 15) is 13.2 Å². The number of anilines is 1. The molecule has 3 rings (SSSR count). The Morgan fingerprint density at radius 1 is 1.37 bits per heavy atom. The standard InChI is InChI=1S/C21H24ClF3N4O/c1-11-7-19(11)30-21(26)29-18(9-20(24)25)15-8-14(4-5-16(15)23)28-12(2)17-6-3-13(22)10-27-17/h3-6,8,10-12,18-20,28H,7,9H2,1-2H3,(H2,26,29)/t11-,12+,18+,19+/m0/s1. The number of nitrogens with zero attached hydrogens (tertiary/aromatic N) is 2. The Bertz CT molecular complexity index is 894. The van der Waals surface area contributed by atoms with Crippen LogP contribution in [0.5, 0.6) is 0 Å². The van der Waals surface area contributed by atoms with Gasteiger partial charge in [-0.15, -0.1) is 0 Å². The topological polar surface area (TPSA) is 72.5 Å². The van der Waals surface area contributed by atoms with Gasteiger partial charge >= 0.3 is 0 Å². The smallest absolute Gasteiger partial charge is 0.282 e. The molecule has 2 aromatic rings. The van der Waals surface area contributed by atoms with Crippen LogP contribution < -0.4 is 11.1 Å². The number of hydrogen-bond acceptors (Lipinski definition) is 4. The van der Waals surface area contributed by atoms with Gasteiger partial charge in [0.05, 0.1) is 22.8 Å². The molecule has 3 N–H and O–H groups in total. The molecule has 0 bridgehead atoms. The Balaban J connectivity index is 1.80. The highest BCUT2D eigenvalue weighted by Gasteiger charge is 2.35. The van der Waals surface area contributed by atoms with Gasteiger partial charge in [-0.2, -0.15) is 0 Å². The van der Waals surface area contributed by atoms with E-state index in [1.807, 2.05) is 13.8 Å². The molecule has 1 heterocycles. The lowest BCUT2D eigenvalue weighted by atomic mass is 10.0. The van der Waals surface area contributed by atoms with Crippen molar-refractivity contribution in [3.8, 4) is 0 Å². The van der Waals surface area contributed by atoms with Crippen molar-refractivity contribution in [2.75, 3.05) is 5.32 Å². The molecule has 162 valence electrons. The number of halogens is 4. The van der Waals surface area contributed by atoms with Crippen LogP contribution in [0, 0.1) is 11.7 Å². The molecule has 1 aliphatic carbocycles. The maximum atomic E-state index is 14.5. The van der Waals surface area contributed by atoms with Crippen molar-refractivity contribution in [1.82, 2.24) is 4.98 Å². The lowest BCUT2D eigenvalue weighted by Gasteiger charge is -2.19. The van der Waals surface area contributed by atoms with E-state index >= 15 is 0 Å². The molecule has 0 saturated heterocycles. The third kappa shape index (κ3) is 6.01. The minimum absolute atomic E-state index is 0.0203. The van der Waals surface area contributed by atoms with Gasteiger partial charge in [-0.25, -0.2) is 18.2 Å². The van der Waals surface area contributed by atoms with Crippen LogP contribution in [0.15, 0.2) is 41.5 Å². The first-order chi connectivity index (χ1) is 14.2. The third-order valence-electron chi connectivity index (χ3n) is 4.92. The summed E-state index contributed by atoms with van der Waals surface area (Å²) >= 11 is 5.86. The Morgan fingerprint density at radius 2 is 2.10 bits per heavy atom. The summed E-state index contributed by atoms with van der Waals surface area (Å²) in [5.41, 5.74) is 7.06. The van der Waals surface area contributed by atoms with E-state index in [0.29, 0.717) is 16.6 Å². The summed E-state index contributed by atoms with van der Waals surface area (Å²) in [5.74, 6) is -0.292. The van der Waals surface area contributed by atoms with E-state index in [4.69, 9.17) is 22.1 Å². The Morgan fingerprint density at radius 3 is 2.70 bits per heavy atom. The van der Waals surface area contributed by atoms with Gasteiger partial charge in [0.25, 0.3) is 6.02 Å². The minimum atomic E-state index is -2.68. The molecule has 1 aromatic carbocycles. The number of aliphatic imine (C=N–C) groups is 1. The quantitative estimate of drug-likeness (QED) is 0.421. The molecule has 1 fully saturated rings. The molecule has 0 amide bonds. The van der Waals surface area contributed by atoms with E-state index in [2.05, 4.69) is 15.3 Å². The maximum Gasteiger partial charge on any atom is 0.282 e. The van der Waals surface area contributed by atoms with Gasteiger partial charge in [0.1, 0.15) is 11.9 Å². The second-order valence-corrected chi connectivity index (χ2v) is 7.92. The van der Waals surface area contributed by atoms with Crippen LogP contribution in [0.25, 0.3) is 0 Å². The maximum absolute atomic E-state index is 14.5. The fourth-order valence-corrected chi connectivity index (χ4v) is 3.18. The van der Waals surface area contributed by atoms with Crippen LogP contribution in [0.4, 0.5) is 18.9 Å². The van der Waals surface area contributed by atoms with Crippen LogP contribution in [-0.4, -0.2) is 23.5 Å². The number of rotatable bonds is 8. The van der Waals surface area contributed by atoms with Crippen molar-refractivity contribution in [1.29, 1.82) is 0 Å². The number of aromatic nitrogens is 1. The number of benzene rings is 1. The molecule has 0 aliphatic heterocycles. The van der Waals surface area contributed by atoms with E-state index < -0.39 is 24.7 Å². The lowest BCUT2D eigenvalue weighted by molar-refractivity contribution is 0.127. The van der Waals surface area contributed by atoms with Gasteiger partial charge < -0.3 is 15.8 Å². The van der Waals surface area contributed by atoms with Crippen LogP contribution in [-0.2, 0) is 4.74 Å². The average molecular weight is 441 g/mol. The zero-order chi connectivity index (χ0) is 21.8. The summed E-state index contributed by atoms with van der Waals surface area (Å²) in [6, 6.07) is 6.11. The van der Waals surface area contributed by atoms with Crippen LogP contribution in [0.2, 0.25) is 5.02 Å². The molecule has 0 unspecified atom stereocenters.